The molecule has 0 bridgehead atoms. The molecule has 28 heavy (non-hydrogen) atoms. The minimum Gasteiger partial charge on any atom is -0.508 e. The Labute approximate surface area is 172 Å². The van der Waals surface area contributed by atoms with Crippen molar-refractivity contribution in [1.29, 1.82) is 0 Å². The highest BCUT2D eigenvalue weighted by Gasteiger charge is 2.07. The fourth-order valence-electron chi connectivity index (χ4n) is 2.57. The van der Waals surface area contributed by atoms with Crippen molar-refractivity contribution in [3.63, 3.8) is 0 Å². The van der Waals surface area contributed by atoms with Gasteiger partial charge in [-0.05, 0) is 56.9 Å². The molecule has 0 aliphatic heterocycles. The Morgan fingerprint density at radius 1 is 0.964 bits per heavy atom. The van der Waals surface area contributed by atoms with Crippen LogP contribution < -0.4 is 10.1 Å². The molecule has 0 heterocycles. The SMILES string of the molecule is O=C(NCCOc1cc(-c2cccc(O)c2)ccc1Br)OCc1ccccc1. The second-order valence-electron chi connectivity index (χ2n) is 6.03. The van der Waals surface area contributed by atoms with Crippen molar-refractivity contribution in [3.05, 3.63) is 82.8 Å². The Morgan fingerprint density at radius 2 is 1.75 bits per heavy atom. The molecule has 0 unspecified atom stereocenters. The van der Waals surface area contributed by atoms with Crippen LogP contribution >= 0.6 is 15.9 Å². The summed E-state index contributed by atoms with van der Waals surface area (Å²) in [5.41, 5.74) is 2.74. The molecule has 0 fully saturated rings. The van der Waals surface area contributed by atoms with Crippen LogP contribution in [0.2, 0.25) is 0 Å². The topological polar surface area (TPSA) is 67.8 Å². The largest absolute Gasteiger partial charge is 0.508 e. The minimum absolute atomic E-state index is 0.209. The molecule has 1 amide bonds. The molecule has 0 saturated heterocycles. The third kappa shape index (κ3) is 5.76. The molecule has 6 heteroatoms. The monoisotopic (exact) mass is 441 g/mol. The molecule has 3 aromatic rings. The summed E-state index contributed by atoms with van der Waals surface area (Å²) in [7, 11) is 0. The second-order valence-corrected chi connectivity index (χ2v) is 6.89. The molecule has 0 radical (unpaired) electrons. The van der Waals surface area contributed by atoms with Crippen molar-refractivity contribution >= 4 is 22.0 Å². The number of hydrogen-bond acceptors (Lipinski definition) is 4. The predicted molar refractivity (Wildman–Crippen MR) is 111 cm³/mol. The summed E-state index contributed by atoms with van der Waals surface area (Å²) < 4.78 is 11.7. The van der Waals surface area contributed by atoms with Gasteiger partial charge in [0.1, 0.15) is 24.7 Å². The van der Waals surface area contributed by atoms with E-state index in [0.29, 0.717) is 18.9 Å². The van der Waals surface area contributed by atoms with Gasteiger partial charge in [0.2, 0.25) is 0 Å². The summed E-state index contributed by atoms with van der Waals surface area (Å²) in [5.74, 6) is 0.862. The lowest BCUT2D eigenvalue weighted by Crippen LogP contribution is -2.28. The molecule has 0 spiro atoms. The van der Waals surface area contributed by atoms with Crippen molar-refractivity contribution < 1.29 is 19.4 Å². The fourth-order valence-corrected chi connectivity index (χ4v) is 2.93. The molecular formula is C22H20BrNO4. The van der Waals surface area contributed by atoms with E-state index in [1.54, 1.807) is 18.2 Å². The molecule has 0 aromatic heterocycles. The standard InChI is InChI=1S/C22H20BrNO4/c23-20-10-9-18(17-7-4-8-19(25)13-17)14-21(20)27-12-11-24-22(26)28-15-16-5-2-1-3-6-16/h1-10,13-14,25H,11-12,15H2,(H,24,26). The van der Waals surface area contributed by atoms with Crippen LogP contribution in [0.3, 0.4) is 0 Å². The maximum absolute atomic E-state index is 11.7. The molecule has 144 valence electrons. The summed E-state index contributed by atoms with van der Waals surface area (Å²) in [6.07, 6.45) is -0.486. The Balaban J connectivity index is 1.48. The van der Waals surface area contributed by atoms with Crippen molar-refractivity contribution in [1.82, 2.24) is 5.32 Å². The Kier molecular flexibility index (Phi) is 6.92. The van der Waals surface area contributed by atoms with E-state index in [2.05, 4.69) is 21.2 Å². The van der Waals surface area contributed by atoms with E-state index in [0.717, 1.165) is 21.2 Å². The van der Waals surface area contributed by atoms with Crippen LogP contribution in [0.15, 0.2) is 77.3 Å². The van der Waals surface area contributed by atoms with Gasteiger partial charge in [-0.15, -0.1) is 0 Å². The van der Waals surface area contributed by atoms with E-state index in [9.17, 15) is 9.90 Å². The van der Waals surface area contributed by atoms with Gasteiger partial charge in [-0.1, -0.05) is 48.5 Å². The summed E-state index contributed by atoms with van der Waals surface area (Å²) in [5, 5.41) is 12.3. The van der Waals surface area contributed by atoms with Crippen LogP contribution in [0, 0.1) is 0 Å². The van der Waals surface area contributed by atoms with E-state index in [-0.39, 0.29) is 12.4 Å². The summed E-state index contributed by atoms with van der Waals surface area (Å²) >= 11 is 3.46. The summed E-state index contributed by atoms with van der Waals surface area (Å²) in [6, 6.07) is 22.2. The van der Waals surface area contributed by atoms with Gasteiger partial charge in [-0.2, -0.15) is 0 Å². The predicted octanol–water partition coefficient (Wildman–Crippen LogP) is 5.13. The number of halogens is 1. The molecule has 5 nitrogen and oxygen atoms in total. The first kappa shape index (κ1) is 19.8. The van der Waals surface area contributed by atoms with E-state index >= 15 is 0 Å². The number of carbonyl (C=O) groups excluding carboxylic acids is 1. The molecule has 0 atom stereocenters. The number of amides is 1. The molecular weight excluding hydrogens is 422 g/mol. The molecule has 3 aromatic carbocycles. The van der Waals surface area contributed by atoms with Crippen LogP contribution in [0.5, 0.6) is 11.5 Å². The first-order chi connectivity index (χ1) is 13.6. The van der Waals surface area contributed by atoms with Crippen LogP contribution in [0.25, 0.3) is 11.1 Å². The van der Waals surface area contributed by atoms with Gasteiger partial charge in [0, 0.05) is 0 Å². The number of carbonyl (C=O) groups is 1. The zero-order chi connectivity index (χ0) is 19.8. The van der Waals surface area contributed by atoms with Crippen LogP contribution in [0.1, 0.15) is 5.56 Å². The summed E-state index contributed by atoms with van der Waals surface area (Å²) in [6.45, 7) is 0.837. The smallest absolute Gasteiger partial charge is 0.407 e. The lowest BCUT2D eigenvalue weighted by molar-refractivity contribution is 0.137. The number of alkyl carbamates (subject to hydrolysis) is 1. The number of nitrogens with one attached hydrogen (secondary N) is 1. The second kappa shape index (κ2) is 9.80. The van der Waals surface area contributed by atoms with Crippen molar-refractivity contribution in [3.8, 4) is 22.6 Å². The highest BCUT2D eigenvalue weighted by Crippen LogP contribution is 2.32. The third-order valence-corrected chi connectivity index (χ3v) is 4.61. The average molecular weight is 442 g/mol. The Morgan fingerprint density at radius 3 is 2.54 bits per heavy atom. The van der Waals surface area contributed by atoms with Gasteiger partial charge in [0.05, 0.1) is 11.0 Å². The zero-order valence-corrected chi connectivity index (χ0v) is 16.7. The molecule has 2 N–H and O–H groups in total. The number of hydrogen-bond donors (Lipinski definition) is 2. The number of phenols is 1. The van der Waals surface area contributed by atoms with Gasteiger partial charge in [0.15, 0.2) is 0 Å². The zero-order valence-electron chi connectivity index (χ0n) is 15.1. The van der Waals surface area contributed by atoms with Crippen molar-refractivity contribution in [2.24, 2.45) is 0 Å². The third-order valence-electron chi connectivity index (χ3n) is 3.95. The van der Waals surface area contributed by atoms with Crippen LogP contribution in [0.4, 0.5) is 4.79 Å². The van der Waals surface area contributed by atoms with Crippen molar-refractivity contribution in [2.75, 3.05) is 13.2 Å². The molecule has 0 saturated carbocycles. The summed E-state index contributed by atoms with van der Waals surface area (Å²) in [4.78, 5) is 11.7. The van der Waals surface area contributed by atoms with Gasteiger partial charge in [-0.3, -0.25) is 0 Å². The van der Waals surface area contributed by atoms with E-state index in [4.69, 9.17) is 9.47 Å². The minimum atomic E-state index is -0.486. The van der Waals surface area contributed by atoms with E-state index in [1.165, 1.54) is 0 Å². The Bertz CT molecular complexity index is 931. The quantitative estimate of drug-likeness (QED) is 0.498. The molecule has 0 aliphatic rings. The van der Waals surface area contributed by atoms with Crippen LogP contribution in [-0.4, -0.2) is 24.4 Å². The fraction of sp³-hybridized carbons (Fsp3) is 0.136. The maximum Gasteiger partial charge on any atom is 0.407 e. The van der Waals surface area contributed by atoms with E-state index < -0.39 is 6.09 Å². The maximum atomic E-state index is 11.7. The van der Waals surface area contributed by atoms with Crippen molar-refractivity contribution in [2.45, 2.75) is 6.61 Å². The van der Waals surface area contributed by atoms with Gasteiger partial charge >= 0.3 is 6.09 Å². The highest BCUT2D eigenvalue weighted by atomic mass is 79.9. The number of ether oxygens (including phenoxy) is 2. The highest BCUT2D eigenvalue weighted by molar-refractivity contribution is 9.10. The number of benzene rings is 3. The first-order valence-electron chi connectivity index (χ1n) is 8.78. The lowest BCUT2D eigenvalue weighted by atomic mass is 10.1. The number of aromatic hydroxyl groups is 1. The average Bonchev–Trinajstić information content (AvgIpc) is 2.71. The van der Waals surface area contributed by atoms with Gasteiger partial charge in [0.25, 0.3) is 0 Å². The number of phenolic OH excluding ortho intramolecular Hbond substituents is 1. The number of rotatable bonds is 7. The van der Waals surface area contributed by atoms with E-state index in [1.807, 2.05) is 54.6 Å². The molecule has 0 aliphatic carbocycles. The van der Waals surface area contributed by atoms with Gasteiger partial charge < -0.3 is 19.9 Å². The van der Waals surface area contributed by atoms with Gasteiger partial charge in [-0.25, -0.2) is 4.79 Å². The van der Waals surface area contributed by atoms with Crippen LogP contribution in [-0.2, 0) is 11.3 Å². The lowest BCUT2D eigenvalue weighted by Gasteiger charge is -2.11. The Hall–Kier alpha value is -2.99. The normalized spacial score (nSPS) is 10.3. The first-order valence-corrected chi connectivity index (χ1v) is 9.57. The molecule has 3 rings (SSSR count).